The third-order valence-corrected chi connectivity index (χ3v) is 4.10. The lowest BCUT2D eigenvalue weighted by Gasteiger charge is -2.14. The van der Waals surface area contributed by atoms with E-state index in [9.17, 15) is 9.18 Å². The van der Waals surface area contributed by atoms with E-state index in [0.29, 0.717) is 12.1 Å². The number of rotatable bonds is 6. The molecule has 1 atom stereocenters. The summed E-state index contributed by atoms with van der Waals surface area (Å²) < 4.78 is 18.5. The maximum Gasteiger partial charge on any atom is 0.336 e. The summed E-state index contributed by atoms with van der Waals surface area (Å²) in [7, 11) is 1.43. The van der Waals surface area contributed by atoms with E-state index in [2.05, 4.69) is 5.32 Å². The number of carboxylic acid groups (broad SMARTS) is 1. The second-order valence-corrected chi connectivity index (χ2v) is 5.60. The maximum absolute atomic E-state index is 13.7. The minimum atomic E-state index is -0.928. The fraction of sp³-hybridized carbons (Fsp3) is 0.267. The molecule has 4 nitrogen and oxygen atoms in total. The van der Waals surface area contributed by atoms with Gasteiger partial charge in [-0.25, -0.2) is 9.18 Å². The average molecular weight is 309 g/mol. The Balaban J connectivity index is 1.99. The lowest BCUT2D eigenvalue weighted by Crippen LogP contribution is -2.17. The zero-order valence-corrected chi connectivity index (χ0v) is 12.5. The first kappa shape index (κ1) is 15.5. The van der Waals surface area contributed by atoms with E-state index in [1.54, 1.807) is 23.6 Å². The zero-order chi connectivity index (χ0) is 15.4. The van der Waals surface area contributed by atoms with Crippen LogP contribution in [-0.2, 0) is 6.54 Å². The first-order chi connectivity index (χ1) is 10.0. The van der Waals surface area contributed by atoms with Gasteiger partial charge < -0.3 is 15.2 Å². The van der Waals surface area contributed by atoms with Crippen LogP contribution in [-0.4, -0.2) is 18.2 Å². The van der Waals surface area contributed by atoms with E-state index >= 15 is 0 Å². The summed E-state index contributed by atoms with van der Waals surface area (Å²) in [5.41, 5.74) is 1.10. The van der Waals surface area contributed by atoms with Crippen LogP contribution >= 0.6 is 11.3 Å². The molecular formula is C15H16FNO3S. The predicted octanol–water partition coefficient (Wildman–Crippen LogP) is 3.44. The molecule has 0 radical (unpaired) electrons. The topological polar surface area (TPSA) is 58.6 Å². The summed E-state index contributed by atoms with van der Waals surface area (Å²) in [6.07, 6.45) is 0. The molecule has 2 aromatic rings. The molecule has 112 valence electrons. The molecule has 2 N–H and O–H groups in total. The third kappa shape index (κ3) is 3.80. The second-order valence-electron chi connectivity index (χ2n) is 4.60. The third-order valence-electron chi connectivity index (χ3n) is 3.16. The van der Waals surface area contributed by atoms with E-state index in [-0.39, 0.29) is 11.8 Å². The summed E-state index contributed by atoms with van der Waals surface area (Å²) in [5.74, 6) is -1.11. The standard InChI is InChI=1S/C15H16FNO3S/c1-9(10-3-4-14(20-2)13(16)6-10)17-7-12-5-11(8-21-12)15(18)19/h3-6,8-9,17H,7H2,1-2H3,(H,18,19). The van der Waals surface area contributed by atoms with Crippen LogP contribution in [0.1, 0.15) is 33.8 Å². The number of nitrogens with one attached hydrogen (secondary N) is 1. The van der Waals surface area contributed by atoms with E-state index in [1.165, 1.54) is 24.5 Å². The van der Waals surface area contributed by atoms with E-state index < -0.39 is 11.8 Å². The quantitative estimate of drug-likeness (QED) is 0.858. The summed E-state index contributed by atoms with van der Waals surface area (Å²) in [4.78, 5) is 11.7. The van der Waals surface area contributed by atoms with Gasteiger partial charge >= 0.3 is 5.97 Å². The van der Waals surface area contributed by atoms with Crippen LogP contribution < -0.4 is 10.1 Å². The van der Waals surface area contributed by atoms with Gasteiger partial charge in [0.05, 0.1) is 12.7 Å². The van der Waals surface area contributed by atoms with Gasteiger partial charge in [-0.15, -0.1) is 11.3 Å². The molecule has 0 aliphatic heterocycles. The van der Waals surface area contributed by atoms with Crippen molar-refractivity contribution < 1.29 is 19.0 Å². The van der Waals surface area contributed by atoms with Crippen molar-refractivity contribution in [2.24, 2.45) is 0 Å². The Bertz CT molecular complexity index is 642. The molecule has 21 heavy (non-hydrogen) atoms. The number of ether oxygens (including phenoxy) is 1. The number of aromatic carboxylic acids is 1. The number of methoxy groups -OCH3 is 1. The van der Waals surface area contributed by atoms with Crippen LogP contribution in [0.2, 0.25) is 0 Å². The largest absolute Gasteiger partial charge is 0.494 e. The molecule has 2 rings (SSSR count). The molecule has 0 spiro atoms. The van der Waals surface area contributed by atoms with Crippen molar-refractivity contribution in [3.05, 3.63) is 51.5 Å². The average Bonchev–Trinajstić information content (AvgIpc) is 2.93. The van der Waals surface area contributed by atoms with Gasteiger partial charge in [0.2, 0.25) is 0 Å². The summed E-state index contributed by atoms with van der Waals surface area (Å²) in [6, 6.07) is 6.42. The van der Waals surface area contributed by atoms with Crippen LogP contribution in [0.15, 0.2) is 29.6 Å². The summed E-state index contributed by atoms with van der Waals surface area (Å²) >= 11 is 1.39. The Morgan fingerprint density at radius 2 is 2.24 bits per heavy atom. The number of thiophene rings is 1. The molecule has 0 saturated heterocycles. The van der Waals surface area contributed by atoms with Crippen LogP contribution in [0.3, 0.4) is 0 Å². The van der Waals surface area contributed by atoms with Crippen LogP contribution in [0.5, 0.6) is 5.75 Å². The Morgan fingerprint density at radius 3 is 2.81 bits per heavy atom. The minimum absolute atomic E-state index is 0.0548. The second kappa shape index (κ2) is 6.69. The van der Waals surface area contributed by atoms with Crippen molar-refractivity contribution >= 4 is 17.3 Å². The smallest absolute Gasteiger partial charge is 0.336 e. The summed E-state index contributed by atoms with van der Waals surface area (Å²) in [6.45, 7) is 2.46. The molecule has 0 aliphatic carbocycles. The van der Waals surface area contributed by atoms with Crippen LogP contribution in [0.25, 0.3) is 0 Å². The van der Waals surface area contributed by atoms with Crippen molar-refractivity contribution in [3.63, 3.8) is 0 Å². The highest BCUT2D eigenvalue weighted by molar-refractivity contribution is 7.10. The molecule has 1 unspecified atom stereocenters. The molecule has 0 saturated carbocycles. The van der Waals surface area contributed by atoms with Crippen LogP contribution in [0.4, 0.5) is 4.39 Å². The Kier molecular flexibility index (Phi) is 4.93. The Hall–Kier alpha value is -1.92. The monoisotopic (exact) mass is 309 g/mol. The summed E-state index contributed by atoms with van der Waals surface area (Å²) in [5, 5.41) is 13.7. The Labute approximate surface area is 126 Å². The fourth-order valence-electron chi connectivity index (χ4n) is 1.91. The Morgan fingerprint density at radius 1 is 1.48 bits per heavy atom. The lowest BCUT2D eigenvalue weighted by atomic mass is 10.1. The lowest BCUT2D eigenvalue weighted by molar-refractivity contribution is 0.0697. The van der Waals surface area contributed by atoms with Crippen molar-refractivity contribution in [1.82, 2.24) is 5.32 Å². The number of benzene rings is 1. The van der Waals surface area contributed by atoms with Gasteiger partial charge in [-0.05, 0) is 30.7 Å². The molecule has 0 aliphatic rings. The number of halogens is 1. The first-order valence-electron chi connectivity index (χ1n) is 6.38. The highest BCUT2D eigenvalue weighted by Gasteiger charge is 2.11. The molecule has 0 bridgehead atoms. The SMILES string of the molecule is COc1ccc(C(C)NCc2cc(C(=O)O)cs2)cc1F. The normalized spacial score (nSPS) is 12.1. The maximum atomic E-state index is 13.7. The van der Waals surface area contributed by atoms with Crippen molar-refractivity contribution in [3.8, 4) is 5.75 Å². The van der Waals surface area contributed by atoms with E-state index in [4.69, 9.17) is 9.84 Å². The van der Waals surface area contributed by atoms with Gasteiger partial charge in [0, 0.05) is 22.8 Å². The van der Waals surface area contributed by atoms with Gasteiger partial charge in [0.15, 0.2) is 11.6 Å². The van der Waals surface area contributed by atoms with Gasteiger partial charge in [0.1, 0.15) is 0 Å². The van der Waals surface area contributed by atoms with Crippen molar-refractivity contribution in [2.75, 3.05) is 7.11 Å². The predicted molar refractivity (Wildman–Crippen MR) is 79.5 cm³/mol. The fourth-order valence-corrected chi connectivity index (χ4v) is 2.72. The number of carbonyl (C=O) groups is 1. The highest BCUT2D eigenvalue weighted by Crippen LogP contribution is 2.22. The van der Waals surface area contributed by atoms with Gasteiger partial charge in [-0.1, -0.05) is 6.07 Å². The van der Waals surface area contributed by atoms with Crippen LogP contribution in [0, 0.1) is 5.82 Å². The molecule has 0 amide bonds. The zero-order valence-electron chi connectivity index (χ0n) is 11.7. The minimum Gasteiger partial charge on any atom is -0.494 e. The molecular weight excluding hydrogens is 293 g/mol. The molecule has 1 heterocycles. The van der Waals surface area contributed by atoms with Crippen molar-refractivity contribution in [2.45, 2.75) is 19.5 Å². The number of hydrogen-bond donors (Lipinski definition) is 2. The van der Waals surface area contributed by atoms with Gasteiger partial charge in [-0.2, -0.15) is 0 Å². The molecule has 0 fully saturated rings. The van der Waals surface area contributed by atoms with Gasteiger partial charge in [-0.3, -0.25) is 0 Å². The van der Waals surface area contributed by atoms with Gasteiger partial charge in [0.25, 0.3) is 0 Å². The molecule has 6 heteroatoms. The molecule has 1 aromatic heterocycles. The first-order valence-corrected chi connectivity index (χ1v) is 7.26. The van der Waals surface area contributed by atoms with E-state index in [1.807, 2.05) is 6.92 Å². The van der Waals surface area contributed by atoms with Crippen molar-refractivity contribution in [1.29, 1.82) is 0 Å². The number of carboxylic acids is 1. The van der Waals surface area contributed by atoms with E-state index in [0.717, 1.165) is 10.4 Å². The highest BCUT2D eigenvalue weighted by atomic mass is 32.1. The number of hydrogen-bond acceptors (Lipinski definition) is 4. The molecule has 1 aromatic carbocycles.